The second kappa shape index (κ2) is 5.17. The van der Waals surface area contributed by atoms with Gasteiger partial charge in [-0.25, -0.2) is 0 Å². The van der Waals surface area contributed by atoms with E-state index < -0.39 is 0 Å². The Kier molecular flexibility index (Phi) is 3.87. The Hall–Kier alpha value is -1.42. The summed E-state index contributed by atoms with van der Waals surface area (Å²) in [6.07, 6.45) is 0. The monoisotopic (exact) mass is 278 g/mol. The minimum atomic E-state index is 0.0622. The van der Waals surface area contributed by atoms with E-state index in [9.17, 15) is 0 Å². The molecule has 20 heavy (non-hydrogen) atoms. The minimum absolute atomic E-state index is 0.0622. The summed E-state index contributed by atoms with van der Waals surface area (Å²) >= 11 is 0. The molecule has 0 radical (unpaired) electrons. The van der Waals surface area contributed by atoms with Gasteiger partial charge >= 0.3 is 0 Å². The molecule has 1 N–H and O–H groups in total. The summed E-state index contributed by atoms with van der Waals surface area (Å²) in [5.41, 5.74) is 1.25. The number of nitrogens with zero attached hydrogens (tertiary/aromatic N) is 1. The molecule has 0 unspecified atom stereocenters. The number of nitrogens with one attached hydrogen (secondary N) is 1. The number of hydrogen-bond donors (Lipinski definition) is 1. The Morgan fingerprint density at radius 3 is 2.10 bits per heavy atom. The lowest BCUT2D eigenvalue weighted by Gasteiger charge is -2.49. The fourth-order valence-electron chi connectivity index (χ4n) is 3.22. The first-order valence-electron chi connectivity index (χ1n) is 7.03. The lowest BCUT2D eigenvalue weighted by atomic mass is 9.91. The largest absolute Gasteiger partial charge is 0.497 e. The molecule has 1 fully saturated rings. The van der Waals surface area contributed by atoms with Crippen molar-refractivity contribution in [1.29, 1.82) is 0 Å². The zero-order valence-corrected chi connectivity index (χ0v) is 13.4. The molecule has 0 aliphatic carbocycles. The predicted octanol–water partition coefficient (Wildman–Crippen LogP) is 2.67. The fraction of sp³-hybridized carbons (Fsp3) is 0.625. The number of methoxy groups -OCH3 is 2. The molecule has 4 nitrogen and oxygen atoms in total. The van der Waals surface area contributed by atoms with Gasteiger partial charge in [-0.3, -0.25) is 0 Å². The first-order chi connectivity index (χ1) is 9.26. The average Bonchev–Trinajstić information content (AvgIpc) is 2.34. The van der Waals surface area contributed by atoms with E-state index in [1.54, 1.807) is 14.2 Å². The maximum Gasteiger partial charge on any atom is 0.145 e. The van der Waals surface area contributed by atoms with Crippen LogP contribution in [-0.4, -0.2) is 38.4 Å². The topological polar surface area (TPSA) is 33.7 Å². The number of benzene rings is 1. The van der Waals surface area contributed by atoms with Crippen molar-refractivity contribution < 1.29 is 9.47 Å². The van der Waals surface area contributed by atoms with Crippen LogP contribution in [0.15, 0.2) is 18.2 Å². The first-order valence-corrected chi connectivity index (χ1v) is 7.03. The molecule has 0 atom stereocenters. The summed E-state index contributed by atoms with van der Waals surface area (Å²) < 4.78 is 10.8. The van der Waals surface area contributed by atoms with Crippen molar-refractivity contribution in [1.82, 2.24) is 5.32 Å². The summed E-state index contributed by atoms with van der Waals surface area (Å²) in [4.78, 5) is 2.38. The van der Waals surface area contributed by atoms with Gasteiger partial charge in [0.25, 0.3) is 0 Å². The van der Waals surface area contributed by atoms with Crippen LogP contribution in [-0.2, 0) is 0 Å². The molecule has 0 saturated carbocycles. The Morgan fingerprint density at radius 1 is 1.00 bits per heavy atom. The number of rotatable bonds is 3. The highest BCUT2D eigenvalue weighted by Gasteiger charge is 2.37. The van der Waals surface area contributed by atoms with Crippen molar-refractivity contribution in [2.75, 3.05) is 32.2 Å². The third kappa shape index (κ3) is 3.18. The molecule has 1 aromatic carbocycles. The summed E-state index contributed by atoms with van der Waals surface area (Å²) in [6.45, 7) is 10.8. The minimum Gasteiger partial charge on any atom is -0.497 e. The van der Waals surface area contributed by atoms with E-state index in [1.165, 1.54) is 0 Å². The summed E-state index contributed by atoms with van der Waals surface area (Å²) in [5.74, 6) is 1.68. The molecule has 1 saturated heterocycles. The normalized spacial score (nSPS) is 20.6. The van der Waals surface area contributed by atoms with Crippen LogP contribution in [0, 0.1) is 0 Å². The predicted molar refractivity (Wildman–Crippen MR) is 83.1 cm³/mol. The molecular weight excluding hydrogens is 252 g/mol. The Morgan fingerprint density at radius 2 is 1.60 bits per heavy atom. The van der Waals surface area contributed by atoms with E-state index in [2.05, 4.69) is 44.0 Å². The molecule has 4 heteroatoms. The molecular formula is C16H26N2O2. The van der Waals surface area contributed by atoms with Crippen molar-refractivity contribution in [2.24, 2.45) is 0 Å². The summed E-state index contributed by atoms with van der Waals surface area (Å²) in [7, 11) is 3.38. The van der Waals surface area contributed by atoms with Gasteiger partial charge in [-0.15, -0.1) is 0 Å². The number of piperazine rings is 1. The van der Waals surface area contributed by atoms with Gasteiger partial charge < -0.3 is 19.7 Å². The smallest absolute Gasteiger partial charge is 0.145 e. The quantitative estimate of drug-likeness (QED) is 0.921. The van der Waals surface area contributed by atoms with Crippen LogP contribution in [0.2, 0.25) is 0 Å². The van der Waals surface area contributed by atoms with E-state index >= 15 is 0 Å². The zero-order chi connectivity index (χ0) is 15.0. The second-order valence-electron chi connectivity index (χ2n) is 6.79. The van der Waals surface area contributed by atoms with Crippen LogP contribution in [0.25, 0.3) is 0 Å². The summed E-state index contributed by atoms with van der Waals surface area (Å²) in [6, 6.07) is 6.01. The van der Waals surface area contributed by atoms with Crippen molar-refractivity contribution in [2.45, 2.75) is 38.8 Å². The highest BCUT2D eigenvalue weighted by atomic mass is 16.5. The van der Waals surface area contributed by atoms with Crippen molar-refractivity contribution in [3.8, 4) is 11.5 Å². The Balaban J connectivity index is 2.35. The molecule has 1 aliphatic heterocycles. The number of ether oxygens (including phenoxy) is 2. The van der Waals surface area contributed by atoms with E-state index in [4.69, 9.17) is 9.47 Å². The molecule has 1 heterocycles. The van der Waals surface area contributed by atoms with Gasteiger partial charge in [0.05, 0.1) is 19.9 Å². The first kappa shape index (κ1) is 15.0. The van der Waals surface area contributed by atoms with Crippen LogP contribution < -0.4 is 19.7 Å². The van der Waals surface area contributed by atoms with E-state index in [-0.39, 0.29) is 11.1 Å². The van der Waals surface area contributed by atoms with Crippen LogP contribution in [0.4, 0.5) is 5.69 Å². The standard InChI is InChI=1S/C16H26N2O2/c1-15(2)10-18(11-16(3,4)17-15)13-8-7-12(19-5)9-14(13)20-6/h7-9,17H,10-11H2,1-6H3. The van der Waals surface area contributed by atoms with E-state index in [0.29, 0.717) is 0 Å². The molecule has 2 rings (SSSR count). The van der Waals surface area contributed by atoms with Crippen molar-refractivity contribution in [3.05, 3.63) is 18.2 Å². The highest BCUT2D eigenvalue weighted by molar-refractivity contribution is 5.62. The maximum atomic E-state index is 5.54. The lowest BCUT2D eigenvalue weighted by molar-refractivity contribution is 0.225. The van der Waals surface area contributed by atoms with E-state index in [0.717, 1.165) is 30.3 Å². The number of anilines is 1. The van der Waals surface area contributed by atoms with Crippen LogP contribution >= 0.6 is 0 Å². The zero-order valence-electron chi connectivity index (χ0n) is 13.4. The van der Waals surface area contributed by atoms with Gasteiger partial charge in [-0.05, 0) is 39.8 Å². The summed E-state index contributed by atoms with van der Waals surface area (Å²) in [5, 5.41) is 3.68. The maximum absolute atomic E-state index is 5.54. The molecule has 1 aliphatic rings. The van der Waals surface area contributed by atoms with Gasteiger partial charge in [0, 0.05) is 30.2 Å². The van der Waals surface area contributed by atoms with Gasteiger partial charge in [0.2, 0.25) is 0 Å². The number of hydrogen-bond acceptors (Lipinski definition) is 4. The highest BCUT2D eigenvalue weighted by Crippen LogP contribution is 2.35. The van der Waals surface area contributed by atoms with Gasteiger partial charge in [-0.2, -0.15) is 0 Å². The SMILES string of the molecule is COc1ccc(N2CC(C)(C)NC(C)(C)C2)c(OC)c1. The molecule has 112 valence electrons. The van der Waals surface area contributed by atoms with Crippen LogP contribution in [0.3, 0.4) is 0 Å². The van der Waals surface area contributed by atoms with Crippen molar-refractivity contribution in [3.63, 3.8) is 0 Å². The molecule has 1 aromatic rings. The molecule has 0 bridgehead atoms. The molecule has 0 aromatic heterocycles. The van der Waals surface area contributed by atoms with Gasteiger partial charge in [0.15, 0.2) is 0 Å². The fourth-order valence-corrected chi connectivity index (χ4v) is 3.22. The van der Waals surface area contributed by atoms with Gasteiger partial charge in [-0.1, -0.05) is 0 Å². The van der Waals surface area contributed by atoms with E-state index in [1.807, 2.05) is 12.1 Å². The van der Waals surface area contributed by atoms with Crippen LogP contribution in [0.5, 0.6) is 11.5 Å². The second-order valence-corrected chi connectivity index (χ2v) is 6.79. The average molecular weight is 278 g/mol. The van der Waals surface area contributed by atoms with Gasteiger partial charge in [0.1, 0.15) is 11.5 Å². The Bertz CT molecular complexity index is 467. The third-order valence-corrected chi connectivity index (χ3v) is 3.58. The lowest BCUT2D eigenvalue weighted by Crippen LogP contribution is -2.67. The third-order valence-electron chi connectivity index (χ3n) is 3.58. The Labute approximate surface area is 122 Å². The van der Waals surface area contributed by atoms with Crippen molar-refractivity contribution >= 4 is 5.69 Å². The van der Waals surface area contributed by atoms with Crippen LogP contribution in [0.1, 0.15) is 27.7 Å². The molecule has 0 spiro atoms. The molecule has 0 amide bonds.